The Balaban J connectivity index is 0.00000225. The Labute approximate surface area is 168 Å². The largest absolute Gasteiger partial charge is 0.376 e. The topological polar surface area (TPSA) is 48.9 Å². The standard InChI is InChI=1S/C19H30N4O.HI/c1-15(22-19(20-2)21-14-18-9-6-12-24-18)16-7-5-8-17(13-16)23-10-3-4-11-23;/h5,7-8,13,15,18H,3-4,6,9-12,14H2,1-2H3,(H2,20,21,22);1H. The van der Waals surface area contributed by atoms with E-state index >= 15 is 0 Å². The van der Waals surface area contributed by atoms with E-state index in [4.69, 9.17) is 4.74 Å². The fourth-order valence-electron chi connectivity index (χ4n) is 3.47. The first-order chi connectivity index (χ1) is 11.8. The molecule has 6 heteroatoms. The number of rotatable bonds is 5. The van der Waals surface area contributed by atoms with Crippen LogP contribution in [-0.2, 0) is 4.74 Å². The van der Waals surface area contributed by atoms with Crippen molar-refractivity contribution in [3.8, 4) is 0 Å². The smallest absolute Gasteiger partial charge is 0.191 e. The molecule has 2 aliphatic rings. The van der Waals surface area contributed by atoms with Crippen molar-refractivity contribution in [2.24, 2.45) is 4.99 Å². The van der Waals surface area contributed by atoms with E-state index < -0.39 is 0 Å². The van der Waals surface area contributed by atoms with Gasteiger partial charge in [-0.3, -0.25) is 4.99 Å². The number of nitrogens with one attached hydrogen (secondary N) is 2. The third kappa shape index (κ3) is 5.74. The van der Waals surface area contributed by atoms with Crippen LogP contribution in [0, 0.1) is 0 Å². The van der Waals surface area contributed by atoms with Crippen LogP contribution >= 0.6 is 24.0 Å². The normalized spacial score (nSPS) is 21.8. The van der Waals surface area contributed by atoms with E-state index in [0.717, 1.165) is 32.0 Å². The molecule has 0 aliphatic carbocycles. The Hall–Kier alpha value is -1.02. The highest BCUT2D eigenvalue weighted by Crippen LogP contribution is 2.23. The molecule has 25 heavy (non-hydrogen) atoms. The first-order valence-corrected chi connectivity index (χ1v) is 9.20. The summed E-state index contributed by atoms with van der Waals surface area (Å²) < 4.78 is 5.66. The Bertz CT molecular complexity index is 554. The van der Waals surface area contributed by atoms with Crippen molar-refractivity contribution in [1.82, 2.24) is 10.6 Å². The predicted octanol–water partition coefficient (Wildman–Crippen LogP) is 3.31. The summed E-state index contributed by atoms with van der Waals surface area (Å²) in [5.41, 5.74) is 2.63. The van der Waals surface area contributed by atoms with Crippen LogP contribution in [0.1, 0.15) is 44.2 Å². The van der Waals surface area contributed by atoms with Gasteiger partial charge in [-0.15, -0.1) is 24.0 Å². The van der Waals surface area contributed by atoms with Crippen molar-refractivity contribution in [3.05, 3.63) is 29.8 Å². The molecule has 2 aliphatic heterocycles. The Morgan fingerprint density at radius 3 is 2.80 bits per heavy atom. The van der Waals surface area contributed by atoms with Gasteiger partial charge in [-0.2, -0.15) is 0 Å². The van der Waals surface area contributed by atoms with Crippen LogP contribution in [0.2, 0.25) is 0 Å². The summed E-state index contributed by atoms with van der Waals surface area (Å²) >= 11 is 0. The molecule has 0 spiro atoms. The summed E-state index contributed by atoms with van der Waals surface area (Å²) in [6, 6.07) is 9.07. The molecule has 2 N–H and O–H groups in total. The van der Waals surface area contributed by atoms with Gasteiger partial charge in [-0.05, 0) is 50.3 Å². The average molecular weight is 458 g/mol. The Morgan fingerprint density at radius 1 is 1.32 bits per heavy atom. The number of guanidine groups is 1. The Kier molecular flexibility index (Phi) is 8.29. The molecule has 2 unspecified atom stereocenters. The number of ether oxygens (including phenoxy) is 1. The van der Waals surface area contributed by atoms with Crippen LogP contribution < -0.4 is 15.5 Å². The summed E-state index contributed by atoms with van der Waals surface area (Å²) in [4.78, 5) is 6.82. The molecular weight excluding hydrogens is 427 g/mol. The van der Waals surface area contributed by atoms with E-state index in [9.17, 15) is 0 Å². The summed E-state index contributed by atoms with van der Waals surface area (Å²) in [5, 5.41) is 6.87. The molecule has 1 aromatic carbocycles. The third-order valence-corrected chi connectivity index (χ3v) is 4.94. The van der Waals surface area contributed by atoms with Gasteiger partial charge in [-0.25, -0.2) is 0 Å². The number of halogens is 1. The molecule has 0 aromatic heterocycles. The lowest BCUT2D eigenvalue weighted by atomic mass is 10.1. The van der Waals surface area contributed by atoms with Crippen molar-refractivity contribution < 1.29 is 4.74 Å². The first-order valence-electron chi connectivity index (χ1n) is 9.20. The van der Waals surface area contributed by atoms with Crippen molar-refractivity contribution in [3.63, 3.8) is 0 Å². The second kappa shape index (κ2) is 10.2. The molecule has 2 heterocycles. The number of nitrogens with zero attached hydrogens (tertiary/aromatic N) is 2. The number of aliphatic imine (C=N–C) groups is 1. The van der Waals surface area contributed by atoms with Crippen molar-refractivity contribution in [2.45, 2.75) is 44.8 Å². The number of hydrogen-bond donors (Lipinski definition) is 2. The molecular formula is C19H31IN4O. The minimum atomic E-state index is 0. The summed E-state index contributed by atoms with van der Waals surface area (Å²) in [5.74, 6) is 0.838. The monoisotopic (exact) mass is 458 g/mol. The molecule has 0 radical (unpaired) electrons. The van der Waals surface area contributed by atoms with Crippen molar-refractivity contribution in [2.75, 3.05) is 38.2 Å². The van der Waals surface area contributed by atoms with Crippen LogP contribution in [0.4, 0.5) is 5.69 Å². The summed E-state index contributed by atoms with van der Waals surface area (Å²) in [6.07, 6.45) is 5.22. The SMILES string of the molecule is CN=C(NCC1CCCO1)NC(C)c1cccc(N2CCCC2)c1.I. The maximum atomic E-state index is 5.66. The first kappa shape index (κ1) is 20.3. The maximum Gasteiger partial charge on any atom is 0.191 e. The van der Waals surface area contributed by atoms with E-state index in [1.807, 2.05) is 7.05 Å². The van der Waals surface area contributed by atoms with Gasteiger partial charge in [0.25, 0.3) is 0 Å². The molecule has 2 atom stereocenters. The van der Waals surface area contributed by atoms with Gasteiger partial charge < -0.3 is 20.3 Å². The lowest BCUT2D eigenvalue weighted by Crippen LogP contribution is -2.42. The van der Waals surface area contributed by atoms with Crippen LogP contribution in [0.15, 0.2) is 29.3 Å². The van der Waals surface area contributed by atoms with Gasteiger partial charge in [-0.1, -0.05) is 12.1 Å². The van der Waals surface area contributed by atoms with E-state index in [1.165, 1.54) is 37.2 Å². The van der Waals surface area contributed by atoms with Gasteiger partial charge in [0.2, 0.25) is 0 Å². The highest BCUT2D eigenvalue weighted by Gasteiger charge is 2.17. The third-order valence-electron chi connectivity index (χ3n) is 4.94. The van der Waals surface area contributed by atoms with Gasteiger partial charge in [0.15, 0.2) is 5.96 Å². The van der Waals surface area contributed by atoms with E-state index in [-0.39, 0.29) is 30.0 Å². The predicted molar refractivity (Wildman–Crippen MR) is 115 cm³/mol. The summed E-state index contributed by atoms with van der Waals surface area (Å²) in [6.45, 7) is 6.24. The molecule has 0 amide bonds. The lowest BCUT2D eigenvalue weighted by Gasteiger charge is -2.22. The molecule has 0 saturated carbocycles. The van der Waals surface area contributed by atoms with Crippen molar-refractivity contribution in [1.29, 1.82) is 0 Å². The van der Waals surface area contributed by atoms with E-state index in [2.05, 4.69) is 51.7 Å². The van der Waals surface area contributed by atoms with Crippen LogP contribution in [0.5, 0.6) is 0 Å². The molecule has 2 fully saturated rings. The van der Waals surface area contributed by atoms with Gasteiger partial charge in [0.05, 0.1) is 12.1 Å². The average Bonchev–Trinajstić information content (AvgIpc) is 3.32. The zero-order chi connectivity index (χ0) is 16.8. The molecule has 2 saturated heterocycles. The number of benzene rings is 1. The minimum Gasteiger partial charge on any atom is -0.376 e. The highest BCUT2D eigenvalue weighted by molar-refractivity contribution is 14.0. The molecule has 0 bridgehead atoms. The minimum absolute atomic E-state index is 0. The number of anilines is 1. The van der Waals surface area contributed by atoms with Gasteiger partial charge >= 0.3 is 0 Å². The fraction of sp³-hybridized carbons (Fsp3) is 0.632. The maximum absolute atomic E-state index is 5.66. The van der Waals surface area contributed by atoms with Crippen LogP contribution in [-0.4, -0.2) is 45.4 Å². The van der Waals surface area contributed by atoms with Crippen LogP contribution in [0.3, 0.4) is 0 Å². The quantitative estimate of drug-likeness (QED) is 0.404. The second-order valence-corrected chi connectivity index (χ2v) is 6.74. The molecule has 1 aromatic rings. The second-order valence-electron chi connectivity index (χ2n) is 6.74. The van der Waals surface area contributed by atoms with Crippen molar-refractivity contribution >= 4 is 35.6 Å². The fourth-order valence-corrected chi connectivity index (χ4v) is 3.47. The summed E-state index contributed by atoms with van der Waals surface area (Å²) in [7, 11) is 1.82. The van der Waals surface area contributed by atoms with Gasteiger partial charge in [0.1, 0.15) is 0 Å². The zero-order valence-electron chi connectivity index (χ0n) is 15.3. The van der Waals surface area contributed by atoms with E-state index in [0.29, 0.717) is 6.10 Å². The highest BCUT2D eigenvalue weighted by atomic mass is 127. The molecule has 5 nitrogen and oxygen atoms in total. The molecule has 3 rings (SSSR count). The van der Waals surface area contributed by atoms with E-state index in [1.54, 1.807) is 0 Å². The lowest BCUT2D eigenvalue weighted by molar-refractivity contribution is 0.113. The number of hydrogen-bond acceptors (Lipinski definition) is 3. The van der Waals surface area contributed by atoms with Crippen LogP contribution in [0.25, 0.3) is 0 Å². The Morgan fingerprint density at radius 2 is 2.12 bits per heavy atom. The van der Waals surface area contributed by atoms with Gasteiger partial charge in [0, 0.05) is 39.0 Å². The zero-order valence-corrected chi connectivity index (χ0v) is 17.7. The molecule has 140 valence electrons.